The van der Waals surface area contributed by atoms with Crippen LogP contribution < -0.4 is 5.32 Å². The van der Waals surface area contributed by atoms with Crippen molar-refractivity contribution < 1.29 is 18.7 Å². The highest BCUT2D eigenvalue weighted by Crippen LogP contribution is 2.20. The van der Waals surface area contributed by atoms with E-state index in [1.54, 1.807) is 13.0 Å². The van der Waals surface area contributed by atoms with Crippen LogP contribution >= 0.6 is 0 Å². The van der Waals surface area contributed by atoms with Crippen molar-refractivity contribution in [3.05, 3.63) is 47.7 Å². The van der Waals surface area contributed by atoms with Crippen molar-refractivity contribution in [1.82, 2.24) is 0 Å². The van der Waals surface area contributed by atoms with Crippen LogP contribution in [0.15, 0.2) is 34.9 Å². The maximum atomic E-state index is 13.0. The van der Waals surface area contributed by atoms with Gasteiger partial charge in [-0.15, -0.1) is 0 Å². The lowest BCUT2D eigenvalue weighted by molar-refractivity contribution is 0.0996. The highest BCUT2D eigenvalue weighted by Gasteiger charge is 2.13. The number of anilines is 1. The smallest absolute Gasteiger partial charge is 0.291 e. The fourth-order valence-electron chi connectivity index (χ4n) is 1.38. The largest absolute Gasteiger partial charge is 0.505 e. The van der Waals surface area contributed by atoms with Gasteiger partial charge in [0, 0.05) is 17.3 Å². The van der Waals surface area contributed by atoms with Crippen LogP contribution in [-0.2, 0) is 0 Å². The Morgan fingerprint density at radius 3 is 2.76 bits per heavy atom. The van der Waals surface area contributed by atoms with Crippen molar-refractivity contribution in [1.29, 1.82) is 0 Å². The second kappa shape index (κ2) is 4.29. The molecule has 0 aliphatic heterocycles. The average Bonchev–Trinajstić information content (AvgIpc) is 2.70. The molecular formula is C12H10FNO3. The minimum absolute atomic E-state index is 0.179. The number of rotatable bonds is 2. The van der Waals surface area contributed by atoms with Crippen LogP contribution in [0.4, 0.5) is 10.1 Å². The maximum Gasteiger partial charge on any atom is 0.291 e. The summed E-state index contributed by atoms with van der Waals surface area (Å²) < 4.78 is 18.0. The van der Waals surface area contributed by atoms with Crippen LogP contribution in [0.1, 0.15) is 16.1 Å². The number of furan rings is 1. The number of carbonyl (C=O) groups excluding carboxylic acids is 1. The molecule has 1 aromatic heterocycles. The Morgan fingerprint density at radius 1 is 1.41 bits per heavy atom. The molecule has 17 heavy (non-hydrogen) atoms. The Hall–Kier alpha value is -2.30. The van der Waals surface area contributed by atoms with Crippen LogP contribution in [0.2, 0.25) is 0 Å². The van der Waals surface area contributed by atoms with E-state index in [1.165, 1.54) is 18.4 Å². The molecule has 0 aliphatic carbocycles. The van der Waals surface area contributed by atoms with Crippen molar-refractivity contribution in [2.45, 2.75) is 6.92 Å². The number of hydrogen-bond donors (Lipinski definition) is 2. The predicted octanol–water partition coefficient (Wildman–Crippen LogP) is 2.69. The molecule has 0 radical (unpaired) electrons. The van der Waals surface area contributed by atoms with E-state index in [2.05, 4.69) is 5.32 Å². The van der Waals surface area contributed by atoms with Gasteiger partial charge in [0.25, 0.3) is 5.91 Å². The summed E-state index contributed by atoms with van der Waals surface area (Å²) in [6.45, 7) is 1.73. The van der Waals surface area contributed by atoms with Gasteiger partial charge in [-0.25, -0.2) is 4.39 Å². The lowest BCUT2D eigenvalue weighted by atomic mass is 10.2. The van der Waals surface area contributed by atoms with E-state index in [1.807, 2.05) is 0 Å². The number of phenolic OH excluding ortho intramolecular Hbond substituents is 1. The van der Waals surface area contributed by atoms with Crippen molar-refractivity contribution >= 4 is 11.6 Å². The summed E-state index contributed by atoms with van der Waals surface area (Å²) in [7, 11) is 0. The summed E-state index contributed by atoms with van der Waals surface area (Å²) in [5.74, 6) is -1.53. The first-order chi connectivity index (χ1) is 8.08. The fourth-order valence-corrected chi connectivity index (χ4v) is 1.38. The molecule has 0 spiro atoms. The Labute approximate surface area is 96.7 Å². The third-order valence-corrected chi connectivity index (χ3v) is 2.27. The Kier molecular flexibility index (Phi) is 2.82. The molecule has 0 saturated carbocycles. The molecule has 1 aromatic carbocycles. The zero-order chi connectivity index (χ0) is 12.4. The molecule has 0 saturated heterocycles. The molecule has 5 heteroatoms. The van der Waals surface area contributed by atoms with E-state index in [-0.39, 0.29) is 11.4 Å². The number of amides is 1. The molecule has 0 bridgehead atoms. The number of aromatic hydroxyl groups is 1. The quantitative estimate of drug-likeness (QED) is 0.786. The minimum Gasteiger partial charge on any atom is -0.505 e. The average molecular weight is 235 g/mol. The van der Waals surface area contributed by atoms with Crippen molar-refractivity contribution in [3.63, 3.8) is 0 Å². The summed E-state index contributed by atoms with van der Waals surface area (Å²) in [4.78, 5) is 11.7. The Morgan fingerprint density at radius 2 is 2.18 bits per heavy atom. The van der Waals surface area contributed by atoms with Crippen LogP contribution in [-0.4, -0.2) is 11.0 Å². The topological polar surface area (TPSA) is 62.5 Å². The standard InChI is InChI=1S/C12H10FNO3/c1-7-4-5-17-11(7)12(16)14-8-2-3-10(15)9(13)6-8/h2-6,15H,1H3,(H,14,16). The third-order valence-electron chi connectivity index (χ3n) is 2.27. The number of halogens is 1. The van der Waals surface area contributed by atoms with Gasteiger partial charge in [-0.2, -0.15) is 0 Å². The molecule has 0 unspecified atom stereocenters. The minimum atomic E-state index is -0.793. The second-order valence-corrected chi connectivity index (χ2v) is 3.55. The summed E-state index contributed by atoms with van der Waals surface area (Å²) in [5, 5.41) is 11.5. The maximum absolute atomic E-state index is 13.0. The predicted molar refractivity (Wildman–Crippen MR) is 59.5 cm³/mol. The van der Waals surface area contributed by atoms with Gasteiger partial charge in [0.05, 0.1) is 6.26 Å². The first-order valence-corrected chi connectivity index (χ1v) is 4.92. The third kappa shape index (κ3) is 2.28. The van der Waals surface area contributed by atoms with E-state index in [0.29, 0.717) is 5.56 Å². The van der Waals surface area contributed by atoms with Crippen molar-refractivity contribution in [2.24, 2.45) is 0 Å². The van der Waals surface area contributed by atoms with Gasteiger partial charge in [0.1, 0.15) is 0 Å². The van der Waals surface area contributed by atoms with Gasteiger partial charge in [-0.05, 0) is 25.1 Å². The van der Waals surface area contributed by atoms with E-state index in [0.717, 1.165) is 6.07 Å². The summed E-state index contributed by atoms with van der Waals surface area (Å²) >= 11 is 0. The SMILES string of the molecule is Cc1ccoc1C(=O)Nc1ccc(O)c(F)c1. The molecular weight excluding hydrogens is 225 g/mol. The zero-order valence-electron chi connectivity index (χ0n) is 9.03. The molecule has 2 N–H and O–H groups in total. The first-order valence-electron chi connectivity index (χ1n) is 4.92. The number of phenols is 1. The highest BCUT2D eigenvalue weighted by molar-refractivity contribution is 6.03. The molecule has 0 aliphatic rings. The number of carbonyl (C=O) groups is 1. The summed E-state index contributed by atoms with van der Waals surface area (Å²) in [6.07, 6.45) is 1.40. The van der Waals surface area contributed by atoms with E-state index >= 15 is 0 Å². The number of aryl methyl sites for hydroxylation is 1. The van der Waals surface area contributed by atoms with Crippen LogP contribution in [0.5, 0.6) is 5.75 Å². The molecule has 0 fully saturated rings. The number of nitrogens with one attached hydrogen (secondary N) is 1. The van der Waals surface area contributed by atoms with Crippen LogP contribution in [0, 0.1) is 12.7 Å². The van der Waals surface area contributed by atoms with Crippen molar-refractivity contribution in [2.75, 3.05) is 5.32 Å². The van der Waals surface area contributed by atoms with Crippen molar-refractivity contribution in [3.8, 4) is 5.75 Å². The lowest BCUT2D eigenvalue weighted by Gasteiger charge is -2.04. The molecule has 2 rings (SSSR count). The number of hydrogen-bond acceptors (Lipinski definition) is 3. The first kappa shape index (κ1) is 11.2. The van der Waals surface area contributed by atoms with Gasteiger partial charge in [0.15, 0.2) is 17.3 Å². The lowest BCUT2D eigenvalue weighted by Crippen LogP contribution is -2.12. The second-order valence-electron chi connectivity index (χ2n) is 3.55. The zero-order valence-corrected chi connectivity index (χ0v) is 9.03. The van der Waals surface area contributed by atoms with E-state index in [4.69, 9.17) is 9.52 Å². The molecule has 4 nitrogen and oxygen atoms in total. The van der Waals surface area contributed by atoms with Gasteiger partial charge >= 0.3 is 0 Å². The molecule has 0 atom stereocenters. The fraction of sp³-hybridized carbons (Fsp3) is 0.0833. The van der Waals surface area contributed by atoms with Crippen LogP contribution in [0.3, 0.4) is 0 Å². The molecule has 88 valence electrons. The van der Waals surface area contributed by atoms with Gasteiger partial charge in [-0.1, -0.05) is 0 Å². The molecule has 1 amide bonds. The molecule has 2 aromatic rings. The summed E-state index contributed by atoms with van der Waals surface area (Å²) in [5.41, 5.74) is 0.947. The Balaban J connectivity index is 2.19. The Bertz CT molecular complexity index is 563. The van der Waals surface area contributed by atoms with Gasteiger partial charge in [0.2, 0.25) is 0 Å². The van der Waals surface area contributed by atoms with Crippen LogP contribution in [0.25, 0.3) is 0 Å². The summed E-state index contributed by atoms with van der Waals surface area (Å²) in [6, 6.07) is 5.26. The van der Waals surface area contributed by atoms with Gasteiger partial charge < -0.3 is 14.8 Å². The number of benzene rings is 1. The monoisotopic (exact) mass is 235 g/mol. The highest BCUT2D eigenvalue weighted by atomic mass is 19.1. The van der Waals surface area contributed by atoms with E-state index in [9.17, 15) is 9.18 Å². The normalized spacial score (nSPS) is 10.2. The van der Waals surface area contributed by atoms with Gasteiger partial charge in [-0.3, -0.25) is 4.79 Å². The van der Waals surface area contributed by atoms with E-state index < -0.39 is 17.5 Å². The molecule has 1 heterocycles.